The van der Waals surface area contributed by atoms with Gasteiger partial charge < -0.3 is 43.6 Å². The minimum atomic E-state index is -1.05. The van der Waals surface area contributed by atoms with E-state index in [2.05, 4.69) is 5.32 Å². The van der Waals surface area contributed by atoms with Gasteiger partial charge in [-0.05, 0) is 20.8 Å². The Balaban J connectivity index is 0. The first kappa shape index (κ1) is 20.7. The lowest BCUT2D eigenvalue weighted by molar-refractivity contribution is -0.870. The number of aliphatic carboxylic acids is 1. The van der Waals surface area contributed by atoms with Gasteiger partial charge in [0.05, 0.1) is 27.7 Å². The largest absolute Gasteiger partial charge is 1.00 e. The standard InChI is InChI=1S/C12H24N2O4.HI/c1-12(2,3)18-11(17)13-9(10(15)16)7-8-14(4,5)6;/h9H,7-8H2,1-6H3,(H-,13,15,16,17);1H. The van der Waals surface area contributed by atoms with Crippen molar-refractivity contribution in [2.45, 2.75) is 38.8 Å². The van der Waals surface area contributed by atoms with E-state index in [0.717, 1.165) is 0 Å². The number of alkyl carbamates (subject to hydrolysis) is 1. The monoisotopic (exact) mass is 388 g/mol. The van der Waals surface area contributed by atoms with E-state index in [1.807, 2.05) is 21.1 Å². The van der Waals surface area contributed by atoms with Gasteiger partial charge in [0.2, 0.25) is 0 Å². The van der Waals surface area contributed by atoms with Gasteiger partial charge in [-0.2, -0.15) is 0 Å². The molecule has 0 fully saturated rings. The lowest BCUT2D eigenvalue weighted by Crippen LogP contribution is -3.00. The molecule has 0 saturated carbocycles. The average Bonchev–Trinajstić information content (AvgIpc) is 2.06. The average molecular weight is 388 g/mol. The molecule has 0 spiro atoms. The molecule has 6 nitrogen and oxygen atoms in total. The first-order valence-corrected chi connectivity index (χ1v) is 5.93. The van der Waals surface area contributed by atoms with E-state index in [-0.39, 0.29) is 24.0 Å². The normalized spacial score (nSPS) is 13.2. The van der Waals surface area contributed by atoms with Crippen LogP contribution in [0.1, 0.15) is 27.2 Å². The zero-order valence-electron chi connectivity index (χ0n) is 12.5. The second-order valence-corrected chi connectivity index (χ2v) is 6.34. The Morgan fingerprint density at radius 3 is 2.05 bits per heavy atom. The summed E-state index contributed by atoms with van der Waals surface area (Å²) in [7, 11) is 5.89. The van der Waals surface area contributed by atoms with E-state index < -0.39 is 23.7 Å². The van der Waals surface area contributed by atoms with Gasteiger partial charge in [0.1, 0.15) is 11.6 Å². The van der Waals surface area contributed by atoms with Gasteiger partial charge in [-0.3, -0.25) is 0 Å². The van der Waals surface area contributed by atoms with Crippen molar-refractivity contribution in [3.8, 4) is 0 Å². The number of quaternary nitrogens is 1. The van der Waals surface area contributed by atoms with Gasteiger partial charge in [-0.15, -0.1) is 0 Å². The van der Waals surface area contributed by atoms with Gasteiger partial charge in [-0.25, -0.2) is 9.59 Å². The lowest BCUT2D eigenvalue weighted by atomic mass is 10.2. The lowest BCUT2D eigenvalue weighted by Gasteiger charge is -2.26. The highest BCUT2D eigenvalue weighted by atomic mass is 127. The molecule has 0 aliphatic carbocycles. The number of carbonyl (C=O) groups excluding carboxylic acids is 1. The number of carboxylic acid groups (broad SMARTS) is 1. The summed E-state index contributed by atoms with van der Waals surface area (Å²) in [6, 6.07) is -0.919. The van der Waals surface area contributed by atoms with Crippen LogP contribution < -0.4 is 29.3 Å². The maximum absolute atomic E-state index is 11.5. The highest BCUT2D eigenvalue weighted by Gasteiger charge is 2.25. The quantitative estimate of drug-likeness (QED) is 0.425. The van der Waals surface area contributed by atoms with E-state index >= 15 is 0 Å². The minimum Gasteiger partial charge on any atom is -1.00 e. The Kier molecular flexibility index (Phi) is 8.61. The number of hydrogen-bond donors (Lipinski definition) is 2. The molecule has 1 atom stereocenters. The summed E-state index contributed by atoms with van der Waals surface area (Å²) in [6.45, 7) is 5.84. The fourth-order valence-electron chi connectivity index (χ4n) is 1.22. The Morgan fingerprint density at radius 2 is 1.74 bits per heavy atom. The van der Waals surface area contributed by atoms with Crippen molar-refractivity contribution in [3.63, 3.8) is 0 Å². The molecule has 0 heterocycles. The molecule has 1 amide bonds. The Labute approximate surface area is 132 Å². The molecule has 19 heavy (non-hydrogen) atoms. The molecular formula is C12H25IN2O4. The predicted octanol–water partition coefficient (Wildman–Crippen LogP) is -1.94. The van der Waals surface area contributed by atoms with Crippen LogP contribution in [0.3, 0.4) is 0 Å². The number of rotatable bonds is 5. The molecule has 0 saturated heterocycles. The van der Waals surface area contributed by atoms with Crippen LogP contribution in [0.5, 0.6) is 0 Å². The zero-order valence-corrected chi connectivity index (χ0v) is 14.6. The summed E-state index contributed by atoms with van der Waals surface area (Å²) in [5.74, 6) is -1.05. The fraction of sp³-hybridized carbons (Fsp3) is 0.833. The van der Waals surface area contributed by atoms with Crippen molar-refractivity contribution < 1.29 is 47.9 Å². The van der Waals surface area contributed by atoms with Crippen molar-refractivity contribution in [1.29, 1.82) is 0 Å². The first-order valence-electron chi connectivity index (χ1n) is 5.93. The summed E-state index contributed by atoms with van der Waals surface area (Å²) in [6.07, 6.45) is -0.339. The summed E-state index contributed by atoms with van der Waals surface area (Å²) in [4.78, 5) is 22.5. The molecule has 1 unspecified atom stereocenters. The summed E-state index contributed by atoms with van der Waals surface area (Å²) >= 11 is 0. The molecule has 0 aromatic rings. The minimum absolute atomic E-state index is 0. The van der Waals surface area contributed by atoms with E-state index in [9.17, 15) is 9.59 Å². The van der Waals surface area contributed by atoms with Crippen LogP contribution in [-0.4, -0.2) is 61.0 Å². The molecule has 0 radical (unpaired) electrons. The van der Waals surface area contributed by atoms with Crippen molar-refractivity contribution in [2.24, 2.45) is 0 Å². The Bertz CT molecular complexity index is 308. The van der Waals surface area contributed by atoms with Gasteiger partial charge in [0.25, 0.3) is 0 Å². The number of amides is 1. The Morgan fingerprint density at radius 1 is 1.26 bits per heavy atom. The third kappa shape index (κ3) is 12.2. The molecule has 114 valence electrons. The smallest absolute Gasteiger partial charge is 0.408 e. The van der Waals surface area contributed by atoms with Crippen LogP contribution in [-0.2, 0) is 9.53 Å². The van der Waals surface area contributed by atoms with E-state index in [0.29, 0.717) is 17.4 Å². The number of nitrogens with one attached hydrogen (secondary N) is 1. The molecule has 0 aliphatic heterocycles. The van der Waals surface area contributed by atoms with E-state index in [4.69, 9.17) is 9.84 Å². The second kappa shape index (κ2) is 7.88. The molecule has 2 N–H and O–H groups in total. The van der Waals surface area contributed by atoms with Crippen molar-refractivity contribution in [2.75, 3.05) is 27.7 Å². The van der Waals surface area contributed by atoms with Crippen LogP contribution >= 0.6 is 0 Å². The maximum Gasteiger partial charge on any atom is 0.408 e. The molecule has 7 heteroatoms. The fourth-order valence-corrected chi connectivity index (χ4v) is 1.22. The number of hydrogen-bond acceptors (Lipinski definition) is 3. The van der Waals surface area contributed by atoms with Gasteiger partial charge in [0.15, 0.2) is 0 Å². The molecule has 0 aliphatic rings. The van der Waals surface area contributed by atoms with E-state index in [1.54, 1.807) is 20.8 Å². The second-order valence-electron chi connectivity index (χ2n) is 6.34. The maximum atomic E-state index is 11.5. The molecule has 0 aromatic carbocycles. The van der Waals surface area contributed by atoms with Crippen LogP contribution in [0.25, 0.3) is 0 Å². The SMILES string of the molecule is CC(C)(C)OC(=O)NC(CC[N+](C)(C)C)C(=O)O.[I-]. The van der Waals surface area contributed by atoms with Gasteiger partial charge in [-0.1, -0.05) is 0 Å². The summed E-state index contributed by atoms with van der Waals surface area (Å²) < 4.78 is 5.67. The molecule has 0 aromatic heterocycles. The topological polar surface area (TPSA) is 75.6 Å². The van der Waals surface area contributed by atoms with Gasteiger partial charge >= 0.3 is 12.1 Å². The van der Waals surface area contributed by atoms with Crippen molar-refractivity contribution in [3.05, 3.63) is 0 Å². The first-order chi connectivity index (χ1) is 7.91. The third-order valence-electron chi connectivity index (χ3n) is 2.08. The number of carboxylic acids is 1. The van der Waals surface area contributed by atoms with Crippen LogP contribution in [0, 0.1) is 0 Å². The van der Waals surface area contributed by atoms with Crippen molar-refractivity contribution >= 4 is 12.1 Å². The number of nitrogens with zero attached hydrogens (tertiary/aromatic N) is 1. The van der Waals surface area contributed by atoms with Crippen LogP contribution in [0.4, 0.5) is 4.79 Å². The third-order valence-corrected chi connectivity index (χ3v) is 2.08. The highest BCUT2D eigenvalue weighted by Crippen LogP contribution is 2.07. The van der Waals surface area contributed by atoms with Crippen LogP contribution in [0.15, 0.2) is 0 Å². The number of halogens is 1. The predicted molar refractivity (Wildman–Crippen MR) is 68.3 cm³/mol. The van der Waals surface area contributed by atoms with Gasteiger partial charge in [0, 0.05) is 6.42 Å². The van der Waals surface area contributed by atoms with E-state index in [1.165, 1.54) is 0 Å². The molecule has 0 rings (SSSR count). The molecule has 0 bridgehead atoms. The van der Waals surface area contributed by atoms with Crippen LogP contribution in [0.2, 0.25) is 0 Å². The zero-order chi connectivity index (χ0) is 14.6. The van der Waals surface area contributed by atoms with Crippen molar-refractivity contribution in [1.82, 2.24) is 5.32 Å². The highest BCUT2D eigenvalue weighted by molar-refractivity contribution is 5.79. The summed E-state index contributed by atoms with van der Waals surface area (Å²) in [5.41, 5.74) is -0.632. The summed E-state index contributed by atoms with van der Waals surface area (Å²) in [5, 5.41) is 11.4. The number of carbonyl (C=O) groups is 2. The number of ether oxygens (including phenoxy) is 1. The molecular weight excluding hydrogens is 363 g/mol. The Hall–Kier alpha value is -0.570.